The number of amides is 2. The SMILES string of the molecule is O=C(COCC(=O)Nc1ccc(Cl)cc1C(=O)O)NCc1cccc(-c2ccoc2)c1. The molecular formula is C22H19ClN2O6. The van der Waals surface area contributed by atoms with E-state index in [1.165, 1.54) is 18.2 Å². The molecular weight excluding hydrogens is 424 g/mol. The van der Waals surface area contributed by atoms with Crippen molar-refractivity contribution in [2.24, 2.45) is 0 Å². The van der Waals surface area contributed by atoms with Crippen molar-refractivity contribution in [3.63, 3.8) is 0 Å². The molecule has 0 unspecified atom stereocenters. The van der Waals surface area contributed by atoms with E-state index >= 15 is 0 Å². The number of nitrogens with one attached hydrogen (secondary N) is 2. The fraction of sp³-hybridized carbons (Fsp3) is 0.136. The number of carboxylic acid groups (broad SMARTS) is 1. The maximum atomic E-state index is 12.0. The maximum Gasteiger partial charge on any atom is 0.337 e. The second kappa shape index (κ2) is 10.4. The average molecular weight is 443 g/mol. The molecule has 0 atom stereocenters. The smallest absolute Gasteiger partial charge is 0.337 e. The first-order chi connectivity index (χ1) is 14.9. The summed E-state index contributed by atoms with van der Waals surface area (Å²) in [5.41, 5.74) is 2.75. The highest BCUT2D eigenvalue weighted by Gasteiger charge is 2.14. The molecule has 160 valence electrons. The Balaban J connectivity index is 1.43. The predicted molar refractivity (Wildman–Crippen MR) is 114 cm³/mol. The Labute approximate surface area is 182 Å². The monoisotopic (exact) mass is 442 g/mol. The average Bonchev–Trinajstić information content (AvgIpc) is 3.28. The van der Waals surface area contributed by atoms with Crippen LogP contribution in [0.3, 0.4) is 0 Å². The first-order valence-corrected chi connectivity index (χ1v) is 9.59. The Morgan fingerprint density at radius 2 is 1.81 bits per heavy atom. The quantitative estimate of drug-likeness (QED) is 0.466. The van der Waals surface area contributed by atoms with Crippen molar-refractivity contribution in [3.05, 3.63) is 77.2 Å². The largest absolute Gasteiger partial charge is 0.478 e. The summed E-state index contributed by atoms with van der Waals surface area (Å²) in [6.07, 6.45) is 3.23. The number of carboxylic acids is 1. The number of carbonyl (C=O) groups excluding carboxylic acids is 2. The van der Waals surface area contributed by atoms with Gasteiger partial charge in [-0.15, -0.1) is 0 Å². The third-order valence-electron chi connectivity index (χ3n) is 4.22. The van der Waals surface area contributed by atoms with Crippen LogP contribution in [-0.4, -0.2) is 36.1 Å². The van der Waals surface area contributed by atoms with Gasteiger partial charge in [-0.05, 0) is 41.5 Å². The fourth-order valence-corrected chi connectivity index (χ4v) is 2.94. The molecule has 0 aliphatic rings. The lowest BCUT2D eigenvalue weighted by molar-refractivity contribution is -0.128. The highest BCUT2D eigenvalue weighted by atomic mass is 35.5. The molecule has 0 saturated heterocycles. The number of halogens is 1. The van der Waals surface area contributed by atoms with Crippen LogP contribution in [0.15, 0.2) is 65.5 Å². The summed E-state index contributed by atoms with van der Waals surface area (Å²) in [4.78, 5) is 35.2. The number of furan rings is 1. The number of hydrogen-bond donors (Lipinski definition) is 3. The van der Waals surface area contributed by atoms with Crippen LogP contribution in [0.5, 0.6) is 0 Å². The predicted octanol–water partition coefficient (Wildman–Crippen LogP) is 3.57. The van der Waals surface area contributed by atoms with E-state index in [0.717, 1.165) is 16.7 Å². The van der Waals surface area contributed by atoms with Crippen molar-refractivity contribution in [2.75, 3.05) is 18.5 Å². The second-order valence-corrected chi connectivity index (χ2v) is 6.96. The maximum absolute atomic E-state index is 12.0. The van der Waals surface area contributed by atoms with E-state index in [1.807, 2.05) is 30.3 Å². The highest BCUT2D eigenvalue weighted by Crippen LogP contribution is 2.21. The molecule has 2 aromatic carbocycles. The van der Waals surface area contributed by atoms with Gasteiger partial charge < -0.3 is 24.9 Å². The first-order valence-electron chi connectivity index (χ1n) is 9.21. The molecule has 0 spiro atoms. The molecule has 3 N–H and O–H groups in total. The van der Waals surface area contributed by atoms with Crippen molar-refractivity contribution in [1.29, 1.82) is 0 Å². The molecule has 0 aliphatic heterocycles. The minimum absolute atomic E-state index is 0.0902. The molecule has 0 radical (unpaired) electrons. The Hall–Kier alpha value is -3.62. The Morgan fingerprint density at radius 3 is 2.55 bits per heavy atom. The molecule has 0 aliphatic carbocycles. The summed E-state index contributed by atoms with van der Waals surface area (Å²) >= 11 is 5.78. The minimum atomic E-state index is -1.23. The number of carbonyl (C=O) groups is 3. The zero-order chi connectivity index (χ0) is 22.2. The van der Waals surface area contributed by atoms with Crippen LogP contribution >= 0.6 is 11.6 Å². The fourth-order valence-electron chi connectivity index (χ4n) is 2.77. The van der Waals surface area contributed by atoms with E-state index in [4.69, 9.17) is 20.8 Å². The van der Waals surface area contributed by atoms with Gasteiger partial charge in [0.25, 0.3) is 0 Å². The van der Waals surface area contributed by atoms with Crippen LogP contribution in [0.25, 0.3) is 11.1 Å². The van der Waals surface area contributed by atoms with E-state index in [-0.39, 0.29) is 28.8 Å². The lowest BCUT2D eigenvalue weighted by Gasteiger charge is -2.10. The summed E-state index contributed by atoms with van der Waals surface area (Å²) < 4.78 is 10.2. The number of hydrogen-bond acceptors (Lipinski definition) is 5. The number of anilines is 1. The minimum Gasteiger partial charge on any atom is -0.478 e. The van der Waals surface area contributed by atoms with Gasteiger partial charge in [0, 0.05) is 17.1 Å². The number of ether oxygens (including phenoxy) is 1. The van der Waals surface area contributed by atoms with Crippen LogP contribution in [-0.2, 0) is 20.9 Å². The topological polar surface area (TPSA) is 118 Å². The standard InChI is InChI=1S/C22H19ClN2O6/c23-17-4-5-19(18(9-17)22(28)29)25-21(27)13-31-12-20(26)24-10-14-2-1-3-15(8-14)16-6-7-30-11-16/h1-9,11H,10,12-13H2,(H,24,26)(H,25,27)(H,28,29). The van der Waals surface area contributed by atoms with Crippen molar-refractivity contribution in [2.45, 2.75) is 6.54 Å². The van der Waals surface area contributed by atoms with Crippen molar-refractivity contribution in [1.82, 2.24) is 5.32 Å². The first kappa shape index (κ1) is 22.1. The summed E-state index contributed by atoms with van der Waals surface area (Å²) in [5.74, 6) is -2.21. The zero-order valence-corrected chi connectivity index (χ0v) is 17.0. The van der Waals surface area contributed by atoms with Gasteiger partial charge in [0.15, 0.2) is 0 Å². The summed E-state index contributed by atoms with van der Waals surface area (Å²) in [6, 6.07) is 13.6. The molecule has 3 rings (SSSR count). The second-order valence-electron chi connectivity index (χ2n) is 6.53. The van der Waals surface area contributed by atoms with Crippen LogP contribution in [0.1, 0.15) is 15.9 Å². The molecule has 9 heteroatoms. The van der Waals surface area contributed by atoms with Crippen molar-refractivity contribution in [3.8, 4) is 11.1 Å². The van der Waals surface area contributed by atoms with Gasteiger partial charge in [0.1, 0.15) is 13.2 Å². The molecule has 0 bridgehead atoms. The molecule has 1 heterocycles. The van der Waals surface area contributed by atoms with E-state index in [1.54, 1.807) is 12.5 Å². The van der Waals surface area contributed by atoms with Gasteiger partial charge in [-0.1, -0.05) is 29.8 Å². The summed E-state index contributed by atoms with van der Waals surface area (Å²) in [7, 11) is 0. The molecule has 0 saturated carbocycles. The molecule has 8 nitrogen and oxygen atoms in total. The Morgan fingerprint density at radius 1 is 1.00 bits per heavy atom. The third kappa shape index (κ3) is 6.43. The van der Waals surface area contributed by atoms with Gasteiger partial charge in [0.2, 0.25) is 11.8 Å². The van der Waals surface area contributed by atoms with Gasteiger partial charge in [0.05, 0.1) is 23.8 Å². The van der Waals surface area contributed by atoms with E-state index in [9.17, 15) is 19.5 Å². The van der Waals surface area contributed by atoms with Gasteiger partial charge in [-0.2, -0.15) is 0 Å². The molecule has 1 aromatic heterocycles. The number of benzene rings is 2. The third-order valence-corrected chi connectivity index (χ3v) is 4.46. The van der Waals surface area contributed by atoms with Crippen LogP contribution in [0.4, 0.5) is 5.69 Å². The van der Waals surface area contributed by atoms with Gasteiger partial charge in [-0.25, -0.2) is 4.79 Å². The molecule has 31 heavy (non-hydrogen) atoms. The van der Waals surface area contributed by atoms with E-state index < -0.39 is 18.5 Å². The summed E-state index contributed by atoms with van der Waals surface area (Å²) in [6.45, 7) is -0.431. The molecule has 2 amide bonds. The molecule has 0 fully saturated rings. The van der Waals surface area contributed by atoms with Crippen LogP contribution < -0.4 is 10.6 Å². The van der Waals surface area contributed by atoms with Crippen molar-refractivity contribution >= 4 is 35.1 Å². The lowest BCUT2D eigenvalue weighted by Crippen LogP contribution is -2.29. The normalized spacial score (nSPS) is 10.5. The van der Waals surface area contributed by atoms with Gasteiger partial charge in [-0.3, -0.25) is 9.59 Å². The Bertz CT molecular complexity index is 1080. The number of aromatic carboxylic acids is 1. The zero-order valence-electron chi connectivity index (χ0n) is 16.3. The van der Waals surface area contributed by atoms with E-state index in [0.29, 0.717) is 6.54 Å². The van der Waals surface area contributed by atoms with Crippen molar-refractivity contribution < 1.29 is 28.6 Å². The summed E-state index contributed by atoms with van der Waals surface area (Å²) in [5, 5.41) is 14.6. The Kier molecular flexibility index (Phi) is 7.42. The lowest BCUT2D eigenvalue weighted by atomic mass is 10.1. The van der Waals surface area contributed by atoms with Gasteiger partial charge >= 0.3 is 5.97 Å². The molecule has 3 aromatic rings. The number of rotatable bonds is 9. The van der Waals surface area contributed by atoms with Crippen LogP contribution in [0, 0.1) is 0 Å². The van der Waals surface area contributed by atoms with E-state index in [2.05, 4.69) is 10.6 Å². The van der Waals surface area contributed by atoms with Crippen LogP contribution in [0.2, 0.25) is 5.02 Å². The highest BCUT2D eigenvalue weighted by molar-refractivity contribution is 6.31.